The van der Waals surface area contributed by atoms with E-state index in [9.17, 15) is 13.2 Å². The van der Waals surface area contributed by atoms with Crippen molar-refractivity contribution in [2.75, 3.05) is 12.9 Å². The summed E-state index contributed by atoms with van der Waals surface area (Å²) in [7, 11) is -3.37. The molecule has 0 radical (unpaired) electrons. The second-order valence-electron chi connectivity index (χ2n) is 4.87. The van der Waals surface area contributed by atoms with Gasteiger partial charge in [0.1, 0.15) is 5.25 Å². The van der Waals surface area contributed by atoms with Gasteiger partial charge in [-0.3, -0.25) is 4.79 Å². The first-order chi connectivity index (χ1) is 7.82. The molecule has 2 aliphatic rings. The summed E-state index contributed by atoms with van der Waals surface area (Å²) in [5, 5.41) is 1.63. The monoisotopic (exact) mass is 262 g/mol. The molecule has 0 aromatic rings. The van der Waals surface area contributed by atoms with Gasteiger partial charge in [0.15, 0.2) is 9.84 Å². The van der Waals surface area contributed by atoms with E-state index >= 15 is 0 Å². The van der Waals surface area contributed by atoms with Crippen molar-refractivity contribution < 1.29 is 17.9 Å². The standard InChI is InChI=1S/C10H18N2O4S/c1-5(17(2,14)15)10(13)12-8-7(11)6-3-4-16-9(6)8/h5-9H,3-4,11H2,1-2H3,(H,12,13). The van der Waals surface area contributed by atoms with Crippen LogP contribution >= 0.6 is 0 Å². The van der Waals surface area contributed by atoms with Gasteiger partial charge in [0.25, 0.3) is 0 Å². The van der Waals surface area contributed by atoms with Gasteiger partial charge < -0.3 is 15.8 Å². The van der Waals surface area contributed by atoms with Crippen LogP contribution in [0.1, 0.15) is 13.3 Å². The summed E-state index contributed by atoms with van der Waals surface area (Å²) in [5.41, 5.74) is 5.92. The lowest BCUT2D eigenvalue weighted by Crippen LogP contribution is -2.69. The Morgan fingerprint density at radius 3 is 2.76 bits per heavy atom. The van der Waals surface area contributed by atoms with Crippen LogP contribution in [0.5, 0.6) is 0 Å². The van der Waals surface area contributed by atoms with Gasteiger partial charge in [0.2, 0.25) is 5.91 Å². The Labute approximate surface area is 101 Å². The maximum atomic E-state index is 11.7. The highest BCUT2D eigenvalue weighted by atomic mass is 32.2. The molecule has 5 unspecified atom stereocenters. The van der Waals surface area contributed by atoms with Crippen molar-refractivity contribution in [1.29, 1.82) is 0 Å². The number of sulfone groups is 1. The minimum absolute atomic E-state index is 0.0410. The van der Waals surface area contributed by atoms with E-state index < -0.39 is 21.0 Å². The Kier molecular flexibility index (Phi) is 3.17. The zero-order chi connectivity index (χ0) is 12.8. The first kappa shape index (κ1) is 12.8. The zero-order valence-electron chi connectivity index (χ0n) is 9.92. The number of nitrogens with one attached hydrogen (secondary N) is 1. The minimum atomic E-state index is -3.37. The van der Waals surface area contributed by atoms with Crippen LogP contribution in [0, 0.1) is 5.92 Å². The van der Waals surface area contributed by atoms with Crippen molar-refractivity contribution in [3.8, 4) is 0 Å². The van der Waals surface area contributed by atoms with Gasteiger partial charge in [-0.05, 0) is 13.3 Å². The Bertz CT molecular complexity index is 422. The average molecular weight is 262 g/mol. The van der Waals surface area contributed by atoms with Crippen LogP contribution in [0.15, 0.2) is 0 Å². The van der Waals surface area contributed by atoms with Gasteiger partial charge in [0, 0.05) is 24.8 Å². The quantitative estimate of drug-likeness (QED) is 0.655. The summed E-state index contributed by atoms with van der Waals surface area (Å²) in [4.78, 5) is 11.7. The highest BCUT2D eigenvalue weighted by Gasteiger charge is 2.53. The molecular formula is C10H18N2O4S. The molecule has 3 N–H and O–H groups in total. The van der Waals surface area contributed by atoms with Crippen LogP contribution in [-0.4, -0.2) is 50.6 Å². The molecule has 6 nitrogen and oxygen atoms in total. The number of ether oxygens (including phenoxy) is 1. The lowest BCUT2D eigenvalue weighted by Gasteiger charge is -2.45. The van der Waals surface area contributed by atoms with E-state index in [0.717, 1.165) is 12.7 Å². The molecule has 1 heterocycles. The summed E-state index contributed by atoms with van der Waals surface area (Å²) in [6.45, 7) is 2.04. The Hall–Kier alpha value is -0.660. The minimum Gasteiger partial charge on any atom is -0.376 e. The fourth-order valence-electron chi connectivity index (χ4n) is 2.40. The molecule has 98 valence electrons. The number of hydrogen-bond acceptors (Lipinski definition) is 5. The lowest BCUT2D eigenvalue weighted by molar-refractivity contribution is -0.125. The van der Waals surface area contributed by atoms with Gasteiger partial charge in [-0.25, -0.2) is 8.42 Å². The SMILES string of the molecule is CC(C(=O)NC1C(N)C2CCOC21)S(C)(=O)=O. The first-order valence-corrected chi connectivity index (χ1v) is 7.64. The van der Waals surface area contributed by atoms with Crippen LogP contribution in [0.4, 0.5) is 0 Å². The molecule has 0 aromatic heterocycles. The number of nitrogens with two attached hydrogens (primary N) is 1. The van der Waals surface area contributed by atoms with Crippen LogP contribution in [0.3, 0.4) is 0 Å². The van der Waals surface area contributed by atoms with Crippen molar-refractivity contribution >= 4 is 15.7 Å². The van der Waals surface area contributed by atoms with Gasteiger partial charge in [-0.15, -0.1) is 0 Å². The number of hydrogen-bond donors (Lipinski definition) is 2. The Morgan fingerprint density at radius 1 is 1.53 bits per heavy atom. The van der Waals surface area contributed by atoms with E-state index in [0.29, 0.717) is 12.5 Å². The summed E-state index contributed by atoms with van der Waals surface area (Å²) >= 11 is 0. The van der Waals surface area contributed by atoms with Gasteiger partial charge in [-0.2, -0.15) is 0 Å². The highest BCUT2D eigenvalue weighted by molar-refractivity contribution is 7.92. The third-order valence-corrected chi connectivity index (χ3v) is 5.27. The van der Waals surface area contributed by atoms with Crippen molar-refractivity contribution in [2.24, 2.45) is 11.7 Å². The first-order valence-electron chi connectivity index (χ1n) is 5.69. The van der Waals surface area contributed by atoms with Crippen LogP contribution in [0.2, 0.25) is 0 Å². The molecule has 7 heteroatoms. The van der Waals surface area contributed by atoms with Crippen molar-refractivity contribution in [1.82, 2.24) is 5.32 Å². The smallest absolute Gasteiger partial charge is 0.238 e. The maximum absolute atomic E-state index is 11.7. The molecular weight excluding hydrogens is 244 g/mol. The van der Waals surface area contributed by atoms with Crippen LogP contribution in [0.25, 0.3) is 0 Å². The molecule has 17 heavy (non-hydrogen) atoms. The third-order valence-electron chi connectivity index (χ3n) is 3.77. The Balaban J connectivity index is 1.96. The molecule has 0 spiro atoms. The summed E-state index contributed by atoms with van der Waals surface area (Å²) in [6, 6.07) is -0.377. The Morgan fingerprint density at radius 2 is 2.18 bits per heavy atom. The highest BCUT2D eigenvalue weighted by Crippen LogP contribution is 2.37. The molecule has 0 aromatic carbocycles. The zero-order valence-corrected chi connectivity index (χ0v) is 10.7. The molecule has 5 atom stereocenters. The molecule has 1 aliphatic carbocycles. The molecule has 0 bridgehead atoms. The topological polar surface area (TPSA) is 98.5 Å². The number of carbonyl (C=O) groups excluding carboxylic acids is 1. The van der Waals surface area contributed by atoms with Crippen LogP contribution < -0.4 is 11.1 Å². The number of amides is 1. The molecule has 2 rings (SSSR count). The number of carbonyl (C=O) groups is 1. The second-order valence-corrected chi connectivity index (χ2v) is 7.24. The van der Waals surface area contributed by atoms with Gasteiger partial charge in [-0.1, -0.05) is 0 Å². The number of fused-ring (bicyclic) bond motifs is 1. The van der Waals surface area contributed by atoms with Gasteiger partial charge >= 0.3 is 0 Å². The lowest BCUT2D eigenvalue weighted by atomic mass is 9.72. The summed E-state index contributed by atoms with van der Waals surface area (Å²) in [5.74, 6) is -0.198. The second kappa shape index (κ2) is 4.22. The number of rotatable bonds is 3. The van der Waals surface area contributed by atoms with E-state index in [1.807, 2.05) is 0 Å². The van der Waals surface area contributed by atoms with Crippen molar-refractivity contribution in [3.05, 3.63) is 0 Å². The predicted molar refractivity (Wildman–Crippen MR) is 62.1 cm³/mol. The fourth-order valence-corrected chi connectivity index (χ4v) is 2.86. The van der Waals surface area contributed by atoms with E-state index in [1.54, 1.807) is 0 Å². The molecule has 1 saturated heterocycles. The summed E-state index contributed by atoms with van der Waals surface area (Å²) in [6.07, 6.45) is 1.92. The third kappa shape index (κ3) is 2.19. The summed E-state index contributed by atoms with van der Waals surface area (Å²) < 4.78 is 27.9. The van der Waals surface area contributed by atoms with Gasteiger partial charge in [0.05, 0.1) is 12.1 Å². The van der Waals surface area contributed by atoms with E-state index in [2.05, 4.69) is 5.32 Å². The molecule has 1 saturated carbocycles. The largest absolute Gasteiger partial charge is 0.376 e. The average Bonchev–Trinajstić information content (AvgIpc) is 2.67. The van der Waals surface area contributed by atoms with E-state index in [-0.39, 0.29) is 18.2 Å². The van der Waals surface area contributed by atoms with Crippen molar-refractivity contribution in [3.63, 3.8) is 0 Å². The molecule has 2 fully saturated rings. The van der Waals surface area contributed by atoms with E-state index in [1.165, 1.54) is 6.92 Å². The van der Waals surface area contributed by atoms with Crippen molar-refractivity contribution in [2.45, 2.75) is 36.8 Å². The van der Waals surface area contributed by atoms with E-state index in [4.69, 9.17) is 10.5 Å². The maximum Gasteiger partial charge on any atom is 0.238 e. The van der Waals surface area contributed by atoms with Crippen LogP contribution in [-0.2, 0) is 19.4 Å². The normalized spacial score (nSPS) is 38.1. The predicted octanol–water partition coefficient (Wildman–Crippen LogP) is -1.35. The fraction of sp³-hybridized carbons (Fsp3) is 0.900. The molecule has 1 aliphatic heterocycles. The molecule has 1 amide bonds.